The van der Waals surface area contributed by atoms with Gasteiger partial charge in [-0.2, -0.15) is 0 Å². The van der Waals surface area contributed by atoms with E-state index in [4.69, 9.17) is 5.11 Å². The molecule has 5 nitrogen and oxygen atoms in total. The molecule has 0 unspecified atom stereocenters. The summed E-state index contributed by atoms with van der Waals surface area (Å²) in [5.74, 6) is 0.328. The number of carbonyl (C=O) groups is 1. The molecular formula is C17H27NO4S. The van der Waals surface area contributed by atoms with Crippen molar-refractivity contribution < 1.29 is 18.3 Å². The number of rotatable bonds is 6. The van der Waals surface area contributed by atoms with Crippen LogP contribution in [0.3, 0.4) is 0 Å². The fourth-order valence-corrected chi connectivity index (χ4v) is 3.68. The van der Waals surface area contributed by atoms with E-state index >= 15 is 0 Å². The minimum atomic E-state index is -3.93. The van der Waals surface area contributed by atoms with Gasteiger partial charge in [0.1, 0.15) is 0 Å². The zero-order chi connectivity index (χ0) is 17.9. The van der Waals surface area contributed by atoms with Gasteiger partial charge in [-0.15, -0.1) is 0 Å². The third kappa shape index (κ3) is 5.23. The van der Waals surface area contributed by atoms with Gasteiger partial charge in [0.15, 0.2) is 0 Å². The molecule has 1 rings (SSSR count). The van der Waals surface area contributed by atoms with Crippen LogP contribution in [0.5, 0.6) is 0 Å². The maximum atomic E-state index is 12.1. The maximum absolute atomic E-state index is 12.1. The Kier molecular flexibility index (Phi) is 6.22. The maximum Gasteiger partial charge on any atom is 0.418 e. The minimum Gasteiger partial charge on any atom is -0.464 e. The molecule has 6 heteroatoms. The van der Waals surface area contributed by atoms with E-state index in [1.54, 1.807) is 4.72 Å². The molecule has 0 atom stereocenters. The first-order chi connectivity index (χ1) is 10.4. The highest BCUT2D eigenvalue weighted by atomic mass is 32.2. The average Bonchev–Trinajstić information content (AvgIpc) is 2.35. The second-order valence-electron chi connectivity index (χ2n) is 6.81. The first-order valence-corrected chi connectivity index (χ1v) is 9.49. The zero-order valence-electron chi connectivity index (χ0n) is 14.7. The van der Waals surface area contributed by atoms with Crippen LogP contribution >= 0.6 is 0 Å². The number of carboxylic acid groups (broad SMARTS) is 1. The topological polar surface area (TPSA) is 83.5 Å². The Morgan fingerprint density at radius 1 is 1.00 bits per heavy atom. The summed E-state index contributed by atoms with van der Waals surface area (Å²) in [6.45, 7) is 12.3. The SMILES string of the molecule is CC(C)c1cc(C(C)C)c(CS(=O)(=O)NC(=O)O)c(C(C)C)c1. The Morgan fingerprint density at radius 2 is 1.43 bits per heavy atom. The van der Waals surface area contributed by atoms with E-state index < -0.39 is 16.1 Å². The molecular weight excluding hydrogens is 314 g/mol. The van der Waals surface area contributed by atoms with Crippen molar-refractivity contribution in [3.05, 3.63) is 34.4 Å². The van der Waals surface area contributed by atoms with Crippen LogP contribution in [0.2, 0.25) is 0 Å². The van der Waals surface area contributed by atoms with E-state index in [1.807, 2.05) is 39.8 Å². The summed E-state index contributed by atoms with van der Waals surface area (Å²) in [6, 6.07) is 4.10. The second-order valence-corrected chi connectivity index (χ2v) is 8.53. The molecule has 0 bridgehead atoms. The van der Waals surface area contributed by atoms with Gasteiger partial charge in [0, 0.05) is 0 Å². The first kappa shape index (κ1) is 19.5. The molecule has 130 valence electrons. The number of amides is 1. The Hall–Kier alpha value is -1.56. The van der Waals surface area contributed by atoms with E-state index in [-0.39, 0.29) is 17.6 Å². The van der Waals surface area contributed by atoms with Crippen LogP contribution in [0.1, 0.15) is 81.5 Å². The second kappa shape index (κ2) is 7.34. The molecule has 23 heavy (non-hydrogen) atoms. The number of sulfonamides is 1. The summed E-state index contributed by atoms with van der Waals surface area (Å²) in [4.78, 5) is 10.7. The highest BCUT2D eigenvalue weighted by Gasteiger charge is 2.23. The van der Waals surface area contributed by atoms with Crippen molar-refractivity contribution in [1.82, 2.24) is 4.72 Å². The highest BCUT2D eigenvalue weighted by molar-refractivity contribution is 7.89. The Bertz CT molecular complexity index is 647. The van der Waals surface area contributed by atoms with Gasteiger partial charge in [0.25, 0.3) is 0 Å². The van der Waals surface area contributed by atoms with Crippen molar-refractivity contribution in [2.75, 3.05) is 0 Å². The molecule has 0 radical (unpaired) electrons. The normalized spacial score (nSPS) is 12.2. The average molecular weight is 341 g/mol. The van der Waals surface area contributed by atoms with Gasteiger partial charge < -0.3 is 5.11 Å². The largest absolute Gasteiger partial charge is 0.464 e. The summed E-state index contributed by atoms with van der Waals surface area (Å²) in [5.41, 5.74) is 3.82. The van der Waals surface area contributed by atoms with Crippen molar-refractivity contribution in [3.8, 4) is 0 Å². The number of hydrogen-bond donors (Lipinski definition) is 2. The van der Waals surface area contributed by atoms with Gasteiger partial charge in [-0.05, 0) is 40.0 Å². The zero-order valence-corrected chi connectivity index (χ0v) is 15.5. The van der Waals surface area contributed by atoms with Crippen LogP contribution in [-0.2, 0) is 15.8 Å². The molecule has 0 aromatic heterocycles. The third-order valence-corrected chi connectivity index (χ3v) is 4.98. The molecule has 1 aromatic carbocycles. The van der Waals surface area contributed by atoms with Crippen LogP contribution in [0, 0.1) is 0 Å². The summed E-state index contributed by atoms with van der Waals surface area (Å²) in [5, 5.41) is 8.71. The van der Waals surface area contributed by atoms with E-state index in [2.05, 4.69) is 13.8 Å². The predicted octanol–water partition coefficient (Wildman–Crippen LogP) is 4.15. The Labute approximate surface area is 139 Å². The minimum absolute atomic E-state index is 0.154. The lowest BCUT2D eigenvalue weighted by Crippen LogP contribution is -2.30. The Morgan fingerprint density at radius 3 is 1.74 bits per heavy atom. The standard InChI is InChI=1S/C17H27NO4S/c1-10(2)13-7-14(11(3)4)16(15(8-13)12(5)6)9-23(21,22)18-17(19)20/h7-8,10-12,18H,9H2,1-6H3,(H,19,20). The van der Waals surface area contributed by atoms with Gasteiger partial charge in [0.2, 0.25) is 10.0 Å². The quantitative estimate of drug-likeness (QED) is 0.814. The van der Waals surface area contributed by atoms with E-state index in [1.165, 1.54) is 5.56 Å². The van der Waals surface area contributed by atoms with Crippen molar-refractivity contribution in [3.63, 3.8) is 0 Å². The molecule has 1 amide bonds. The lowest BCUT2D eigenvalue weighted by molar-refractivity contribution is 0.201. The third-order valence-electron chi connectivity index (χ3n) is 3.83. The van der Waals surface area contributed by atoms with Gasteiger partial charge in [-0.1, -0.05) is 53.7 Å². The lowest BCUT2D eigenvalue weighted by atomic mass is 9.85. The van der Waals surface area contributed by atoms with Gasteiger partial charge in [0.05, 0.1) is 5.75 Å². The van der Waals surface area contributed by atoms with E-state index in [0.717, 1.165) is 11.1 Å². The number of hydrogen-bond acceptors (Lipinski definition) is 3. The van der Waals surface area contributed by atoms with Crippen molar-refractivity contribution >= 4 is 16.1 Å². The summed E-state index contributed by atoms with van der Waals surface area (Å²) >= 11 is 0. The van der Waals surface area contributed by atoms with Gasteiger partial charge in [-0.3, -0.25) is 0 Å². The molecule has 0 aliphatic rings. The van der Waals surface area contributed by atoms with Crippen LogP contribution < -0.4 is 4.72 Å². The first-order valence-electron chi connectivity index (χ1n) is 7.84. The molecule has 0 saturated heterocycles. The molecule has 2 N–H and O–H groups in total. The monoisotopic (exact) mass is 341 g/mol. The van der Waals surface area contributed by atoms with Crippen LogP contribution in [0.15, 0.2) is 12.1 Å². The predicted molar refractivity (Wildman–Crippen MR) is 92.5 cm³/mol. The molecule has 0 spiro atoms. The summed E-state index contributed by atoms with van der Waals surface area (Å²) in [7, 11) is -3.93. The van der Waals surface area contributed by atoms with Crippen LogP contribution in [0.4, 0.5) is 4.79 Å². The van der Waals surface area contributed by atoms with Crippen molar-refractivity contribution in [1.29, 1.82) is 0 Å². The highest BCUT2D eigenvalue weighted by Crippen LogP contribution is 2.33. The lowest BCUT2D eigenvalue weighted by Gasteiger charge is -2.22. The van der Waals surface area contributed by atoms with Gasteiger partial charge in [-0.25, -0.2) is 17.9 Å². The molecule has 0 heterocycles. The summed E-state index contributed by atoms with van der Waals surface area (Å²) < 4.78 is 25.8. The Balaban J connectivity index is 3.52. The van der Waals surface area contributed by atoms with Crippen molar-refractivity contribution in [2.24, 2.45) is 0 Å². The fraction of sp³-hybridized carbons (Fsp3) is 0.588. The molecule has 1 aromatic rings. The smallest absolute Gasteiger partial charge is 0.418 e. The van der Waals surface area contributed by atoms with Gasteiger partial charge >= 0.3 is 6.09 Å². The number of benzene rings is 1. The number of nitrogens with one attached hydrogen (secondary N) is 1. The summed E-state index contributed by atoms with van der Waals surface area (Å²) in [6.07, 6.45) is -1.55. The molecule has 0 saturated carbocycles. The fourth-order valence-electron chi connectivity index (χ4n) is 2.63. The van der Waals surface area contributed by atoms with Crippen LogP contribution in [0.25, 0.3) is 0 Å². The van der Waals surface area contributed by atoms with Crippen LogP contribution in [-0.4, -0.2) is 19.6 Å². The molecule has 0 aliphatic carbocycles. The van der Waals surface area contributed by atoms with E-state index in [9.17, 15) is 13.2 Å². The van der Waals surface area contributed by atoms with Crippen molar-refractivity contribution in [2.45, 2.75) is 65.0 Å². The molecule has 0 fully saturated rings. The van der Waals surface area contributed by atoms with E-state index in [0.29, 0.717) is 11.5 Å². The molecule has 0 aliphatic heterocycles.